The molecule has 1 unspecified atom stereocenters. The predicted molar refractivity (Wildman–Crippen MR) is 63.1 cm³/mol. The summed E-state index contributed by atoms with van der Waals surface area (Å²) in [6.07, 6.45) is 2.01. The molecule has 0 N–H and O–H groups in total. The molecule has 0 fully saturated rings. The van der Waals surface area contributed by atoms with E-state index in [1.54, 1.807) is 6.07 Å². The Kier molecular flexibility index (Phi) is 2.49. The number of carbonyl (C=O) groups is 1. The SMILES string of the molecule is COC(=O)c1ccc2c(c1)c(C)cn2P. The molecule has 4 heteroatoms. The number of hydrogen-bond acceptors (Lipinski definition) is 2. The zero-order valence-corrected chi connectivity index (χ0v) is 9.81. The number of aryl methyl sites for hydroxylation is 1. The van der Waals surface area contributed by atoms with Crippen LogP contribution in [-0.2, 0) is 4.74 Å². The van der Waals surface area contributed by atoms with E-state index in [-0.39, 0.29) is 5.97 Å². The number of esters is 1. The second-order valence-electron chi connectivity index (χ2n) is 3.44. The van der Waals surface area contributed by atoms with E-state index in [0.29, 0.717) is 5.56 Å². The molecule has 3 nitrogen and oxygen atoms in total. The molecule has 0 amide bonds. The molecule has 0 saturated carbocycles. The maximum atomic E-state index is 11.3. The standard InChI is InChI=1S/C11H12NO2P/c1-7-6-12(15)10-4-3-8(5-9(7)10)11(13)14-2/h3-6H,15H2,1-2H3. The molecule has 2 rings (SSSR count). The second kappa shape index (κ2) is 3.67. The molecule has 0 radical (unpaired) electrons. The summed E-state index contributed by atoms with van der Waals surface area (Å²) in [5.74, 6) is -0.298. The smallest absolute Gasteiger partial charge is 0.337 e. The first-order valence-electron chi connectivity index (χ1n) is 4.58. The van der Waals surface area contributed by atoms with Crippen molar-refractivity contribution in [2.45, 2.75) is 6.92 Å². The van der Waals surface area contributed by atoms with Gasteiger partial charge in [0, 0.05) is 11.6 Å². The highest BCUT2D eigenvalue weighted by Gasteiger charge is 2.09. The van der Waals surface area contributed by atoms with Crippen LogP contribution in [0, 0.1) is 6.92 Å². The van der Waals surface area contributed by atoms with Gasteiger partial charge in [0.1, 0.15) is 0 Å². The summed E-state index contributed by atoms with van der Waals surface area (Å²) in [4.78, 5) is 11.3. The highest BCUT2D eigenvalue weighted by molar-refractivity contribution is 7.14. The van der Waals surface area contributed by atoms with Crippen molar-refractivity contribution in [2.75, 3.05) is 7.11 Å². The maximum absolute atomic E-state index is 11.3. The van der Waals surface area contributed by atoms with E-state index >= 15 is 0 Å². The Morgan fingerprint density at radius 2 is 2.20 bits per heavy atom. The van der Waals surface area contributed by atoms with E-state index in [1.165, 1.54) is 7.11 Å². The molecular formula is C11H12NO2P. The lowest BCUT2D eigenvalue weighted by atomic mass is 10.1. The molecular weight excluding hydrogens is 209 g/mol. The summed E-state index contributed by atoms with van der Waals surface area (Å²) in [6.45, 7) is 2.02. The quantitative estimate of drug-likeness (QED) is 0.546. The second-order valence-corrected chi connectivity index (χ2v) is 4.00. The molecule has 0 aliphatic carbocycles. The van der Waals surface area contributed by atoms with Gasteiger partial charge in [-0.05, 0) is 40.1 Å². The van der Waals surface area contributed by atoms with Crippen molar-refractivity contribution >= 4 is 26.3 Å². The van der Waals surface area contributed by atoms with Gasteiger partial charge in [-0.25, -0.2) is 4.79 Å². The van der Waals surface area contributed by atoms with Crippen LogP contribution >= 0.6 is 9.39 Å². The summed E-state index contributed by atoms with van der Waals surface area (Å²) < 4.78 is 6.64. The van der Waals surface area contributed by atoms with E-state index in [1.807, 2.05) is 29.6 Å². The minimum atomic E-state index is -0.298. The lowest BCUT2D eigenvalue weighted by Crippen LogP contribution is -2.00. The fourth-order valence-corrected chi connectivity index (χ4v) is 2.12. The molecule has 2 aromatic rings. The monoisotopic (exact) mass is 221 g/mol. The zero-order chi connectivity index (χ0) is 11.0. The number of fused-ring (bicyclic) bond motifs is 1. The van der Waals surface area contributed by atoms with Gasteiger partial charge in [-0.3, -0.25) is 0 Å². The van der Waals surface area contributed by atoms with Crippen molar-refractivity contribution in [3.05, 3.63) is 35.5 Å². The van der Waals surface area contributed by atoms with Gasteiger partial charge in [-0.15, -0.1) is 0 Å². The average Bonchev–Trinajstić information content (AvgIpc) is 2.53. The van der Waals surface area contributed by atoms with E-state index < -0.39 is 0 Å². The topological polar surface area (TPSA) is 31.2 Å². The number of benzene rings is 1. The van der Waals surface area contributed by atoms with Crippen LogP contribution in [0.25, 0.3) is 10.9 Å². The van der Waals surface area contributed by atoms with Gasteiger partial charge < -0.3 is 9.07 Å². The Bertz CT molecular complexity index is 531. The van der Waals surface area contributed by atoms with Crippen LogP contribution in [0.5, 0.6) is 0 Å². The van der Waals surface area contributed by atoms with Crippen molar-refractivity contribution in [3.8, 4) is 0 Å². The molecule has 0 bridgehead atoms. The van der Waals surface area contributed by atoms with Crippen LogP contribution in [0.1, 0.15) is 15.9 Å². The summed E-state index contributed by atoms with van der Waals surface area (Å²) in [5.41, 5.74) is 2.82. The molecule has 15 heavy (non-hydrogen) atoms. The van der Waals surface area contributed by atoms with Gasteiger partial charge in [0.05, 0.1) is 18.2 Å². The van der Waals surface area contributed by atoms with E-state index in [4.69, 9.17) is 0 Å². The number of hydrogen-bond donors (Lipinski definition) is 0. The third-order valence-corrected chi connectivity index (χ3v) is 2.88. The minimum Gasteiger partial charge on any atom is -0.465 e. The fraction of sp³-hybridized carbons (Fsp3) is 0.182. The first-order chi connectivity index (χ1) is 7.13. The minimum absolute atomic E-state index is 0.298. The predicted octanol–water partition coefficient (Wildman–Crippen LogP) is 2.37. The number of aromatic nitrogens is 1. The van der Waals surface area contributed by atoms with Gasteiger partial charge in [-0.1, -0.05) is 0 Å². The molecule has 1 atom stereocenters. The third kappa shape index (κ3) is 1.64. The van der Waals surface area contributed by atoms with Gasteiger partial charge in [0.2, 0.25) is 0 Å². The van der Waals surface area contributed by atoms with E-state index in [2.05, 4.69) is 14.1 Å². The molecule has 1 aromatic carbocycles. The van der Waals surface area contributed by atoms with Gasteiger partial charge >= 0.3 is 5.97 Å². The maximum Gasteiger partial charge on any atom is 0.337 e. The first-order valence-corrected chi connectivity index (χ1v) is 5.10. The van der Waals surface area contributed by atoms with E-state index in [9.17, 15) is 4.79 Å². The van der Waals surface area contributed by atoms with Crippen LogP contribution in [0.15, 0.2) is 24.4 Å². The number of methoxy groups -OCH3 is 1. The van der Waals surface area contributed by atoms with Gasteiger partial charge in [0.15, 0.2) is 0 Å². The Morgan fingerprint density at radius 3 is 2.87 bits per heavy atom. The molecule has 1 heterocycles. The van der Waals surface area contributed by atoms with Crippen LogP contribution in [0.2, 0.25) is 0 Å². The van der Waals surface area contributed by atoms with Crippen molar-refractivity contribution in [1.29, 1.82) is 0 Å². The fourth-order valence-electron chi connectivity index (χ4n) is 1.67. The van der Waals surface area contributed by atoms with Crippen LogP contribution in [0.3, 0.4) is 0 Å². The van der Waals surface area contributed by atoms with Crippen molar-refractivity contribution in [1.82, 2.24) is 4.34 Å². The van der Waals surface area contributed by atoms with Crippen molar-refractivity contribution in [2.24, 2.45) is 0 Å². The normalized spacial score (nSPS) is 10.6. The molecule has 1 aromatic heterocycles. The third-order valence-electron chi connectivity index (χ3n) is 2.45. The molecule has 0 spiro atoms. The molecule has 78 valence electrons. The first kappa shape index (κ1) is 10.2. The molecule has 0 saturated heterocycles. The molecule has 0 aliphatic heterocycles. The summed E-state index contributed by atoms with van der Waals surface area (Å²) in [7, 11) is 4.01. The van der Waals surface area contributed by atoms with Crippen LogP contribution < -0.4 is 0 Å². The Labute approximate surface area is 90.3 Å². The van der Waals surface area contributed by atoms with Crippen molar-refractivity contribution in [3.63, 3.8) is 0 Å². The van der Waals surface area contributed by atoms with Gasteiger partial charge in [0.25, 0.3) is 0 Å². The average molecular weight is 221 g/mol. The highest BCUT2D eigenvalue weighted by atomic mass is 31.0. The van der Waals surface area contributed by atoms with Gasteiger partial charge in [-0.2, -0.15) is 0 Å². The largest absolute Gasteiger partial charge is 0.465 e. The van der Waals surface area contributed by atoms with Crippen molar-refractivity contribution < 1.29 is 9.53 Å². The van der Waals surface area contributed by atoms with Crippen LogP contribution in [-0.4, -0.2) is 17.4 Å². The lowest BCUT2D eigenvalue weighted by Gasteiger charge is -2.00. The van der Waals surface area contributed by atoms with Crippen LogP contribution in [0.4, 0.5) is 0 Å². The number of carbonyl (C=O) groups excluding carboxylic acids is 1. The Balaban J connectivity index is 2.65. The Morgan fingerprint density at radius 1 is 1.47 bits per heavy atom. The zero-order valence-electron chi connectivity index (χ0n) is 8.65. The number of ether oxygens (including phenoxy) is 1. The molecule has 0 aliphatic rings. The Hall–Kier alpha value is -1.34. The summed E-state index contributed by atoms with van der Waals surface area (Å²) >= 11 is 0. The highest BCUT2D eigenvalue weighted by Crippen LogP contribution is 2.23. The van der Waals surface area contributed by atoms with E-state index in [0.717, 1.165) is 16.5 Å². The lowest BCUT2D eigenvalue weighted by molar-refractivity contribution is 0.0601. The number of rotatable bonds is 1. The summed E-state index contributed by atoms with van der Waals surface area (Å²) in [5, 5.41) is 1.08. The number of nitrogens with zero attached hydrogens (tertiary/aromatic N) is 1. The summed E-state index contributed by atoms with van der Waals surface area (Å²) in [6, 6.07) is 5.55.